The van der Waals surface area contributed by atoms with E-state index in [-0.39, 0.29) is 30.1 Å². The molecule has 0 N–H and O–H groups in total. The van der Waals surface area contributed by atoms with E-state index in [0.29, 0.717) is 46.6 Å². The number of rotatable bonds is 8. The van der Waals surface area contributed by atoms with Gasteiger partial charge in [0.2, 0.25) is 0 Å². The number of fused-ring (bicyclic) bond motifs is 1. The third-order valence-electron chi connectivity index (χ3n) is 7.12. The van der Waals surface area contributed by atoms with Crippen LogP contribution in [-0.4, -0.2) is 47.2 Å². The molecule has 1 aliphatic rings. The molecule has 2 aromatic carbocycles. The van der Waals surface area contributed by atoms with E-state index in [2.05, 4.69) is 11.9 Å². The van der Waals surface area contributed by atoms with Crippen LogP contribution in [0.25, 0.3) is 10.9 Å². The van der Waals surface area contributed by atoms with E-state index in [1.165, 1.54) is 0 Å². The Bertz CT molecular complexity index is 1250. The minimum absolute atomic E-state index is 0.0208. The first kappa shape index (κ1) is 25.8. The molecule has 0 spiro atoms. The summed E-state index contributed by atoms with van der Waals surface area (Å²) in [6.07, 6.45) is 3.54. The highest BCUT2D eigenvalue weighted by Crippen LogP contribution is 2.34. The highest BCUT2D eigenvalue weighted by atomic mass is 35.5. The summed E-state index contributed by atoms with van der Waals surface area (Å²) in [5.74, 6) is -1.35. The lowest BCUT2D eigenvalue weighted by atomic mass is 9.76. The average molecular weight is 507 g/mol. The van der Waals surface area contributed by atoms with Crippen molar-refractivity contribution in [3.8, 4) is 0 Å². The molecule has 1 aliphatic heterocycles. The average Bonchev–Trinajstić information content (AvgIpc) is 2.91. The Morgan fingerprint density at radius 1 is 1.08 bits per heavy atom. The maximum Gasteiger partial charge on any atom is 0.316 e. The highest BCUT2D eigenvalue weighted by molar-refractivity contribution is 6.31. The summed E-state index contributed by atoms with van der Waals surface area (Å²) in [5.41, 5.74) is 1.73. The van der Waals surface area contributed by atoms with Crippen LogP contribution in [0, 0.1) is 17.8 Å². The third kappa shape index (κ3) is 5.59. The van der Waals surface area contributed by atoms with Crippen LogP contribution in [0.5, 0.6) is 0 Å². The molecule has 0 saturated carbocycles. The summed E-state index contributed by atoms with van der Waals surface area (Å²) < 4.78 is 5.34. The van der Waals surface area contributed by atoms with Crippen molar-refractivity contribution in [3.05, 3.63) is 76.9 Å². The SMILES string of the molecule is CCOC(=O)C(C[C@@H]1CCN(C(=O)c2ccccc2)C[C@@H]1CC)C(=O)c1ccnc2cc(Cl)ccc12. The quantitative estimate of drug-likeness (QED) is 0.218. The Morgan fingerprint density at radius 2 is 1.86 bits per heavy atom. The Hall–Kier alpha value is -3.25. The van der Waals surface area contributed by atoms with Crippen LogP contribution in [0.4, 0.5) is 0 Å². The van der Waals surface area contributed by atoms with Gasteiger partial charge in [-0.15, -0.1) is 0 Å². The molecule has 1 fully saturated rings. The third-order valence-corrected chi connectivity index (χ3v) is 7.36. The summed E-state index contributed by atoms with van der Waals surface area (Å²) in [6, 6.07) is 16.1. The van der Waals surface area contributed by atoms with E-state index in [4.69, 9.17) is 16.3 Å². The molecule has 36 heavy (non-hydrogen) atoms. The van der Waals surface area contributed by atoms with Gasteiger partial charge in [0.1, 0.15) is 5.92 Å². The smallest absolute Gasteiger partial charge is 0.316 e. The summed E-state index contributed by atoms with van der Waals surface area (Å²) >= 11 is 6.11. The predicted octanol–water partition coefficient (Wildman–Crippen LogP) is 5.83. The van der Waals surface area contributed by atoms with E-state index < -0.39 is 11.9 Å². The van der Waals surface area contributed by atoms with E-state index in [0.717, 1.165) is 12.8 Å². The number of ketones is 1. The first-order valence-corrected chi connectivity index (χ1v) is 12.9. The molecule has 2 heterocycles. The summed E-state index contributed by atoms with van der Waals surface area (Å²) in [5, 5.41) is 1.20. The molecule has 3 atom stereocenters. The van der Waals surface area contributed by atoms with Gasteiger partial charge in [-0.05, 0) is 61.9 Å². The fourth-order valence-electron chi connectivity index (χ4n) is 5.18. The molecule has 0 aliphatic carbocycles. The maximum atomic E-state index is 13.8. The van der Waals surface area contributed by atoms with Crippen molar-refractivity contribution in [2.75, 3.05) is 19.7 Å². The van der Waals surface area contributed by atoms with Crippen molar-refractivity contribution >= 4 is 40.2 Å². The first-order valence-electron chi connectivity index (χ1n) is 12.5. The van der Waals surface area contributed by atoms with E-state index in [1.54, 1.807) is 37.4 Å². The number of esters is 1. The van der Waals surface area contributed by atoms with E-state index in [9.17, 15) is 14.4 Å². The van der Waals surface area contributed by atoms with Gasteiger partial charge < -0.3 is 9.64 Å². The summed E-state index contributed by atoms with van der Waals surface area (Å²) in [4.78, 5) is 46.0. The second-order valence-electron chi connectivity index (χ2n) is 9.26. The number of likely N-dealkylation sites (tertiary alicyclic amines) is 1. The zero-order chi connectivity index (χ0) is 25.7. The van der Waals surface area contributed by atoms with E-state index in [1.807, 2.05) is 35.2 Å². The number of halogens is 1. The lowest BCUT2D eigenvalue weighted by molar-refractivity contribution is -0.147. The van der Waals surface area contributed by atoms with Crippen LogP contribution in [-0.2, 0) is 9.53 Å². The minimum Gasteiger partial charge on any atom is -0.465 e. The lowest BCUT2D eigenvalue weighted by Gasteiger charge is -2.39. The van der Waals surface area contributed by atoms with Gasteiger partial charge >= 0.3 is 5.97 Å². The topological polar surface area (TPSA) is 76.6 Å². The van der Waals surface area contributed by atoms with Crippen LogP contribution in [0.1, 0.15) is 53.8 Å². The van der Waals surface area contributed by atoms with Gasteiger partial charge in [-0.2, -0.15) is 0 Å². The molecule has 188 valence electrons. The second-order valence-corrected chi connectivity index (χ2v) is 9.70. The normalized spacial score (nSPS) is 18.6. The molecule has 7 heteroatoms. The monoisotopic (exact) mass is 506 g/mol. The van der Waals surface area contributed by atoms with Gasteiger partial charge in [0.25, 0.3) is 5.91 Å². The van der Waals surface area contributed by atoms with Crippen LogP contribution in [0.2, 0.25) is 5.02 Å². The largest absolute Gasteiger partial charge is 0.465 e. The highest BCUT2D eigenvalue weighted by Gasteiger charge is 2.38. The molecule has 1 amide bonds. The number of carbonyl (C=O) groups is 3. The number of nitrogens with zero attached hydrogens (tertiary/aromatic N) is 2. The number of carbonyl (C=O) groups excluding carboxylic acids is 3. The molecule has 1 unspecified atom stereocenters. The van der Waals surface area contributed by atoms with Crippen molar-refractivity contribution in [3.63, 3.8) is 0 Å². The number of hydrogen-bond acceptors (Lipinski definition) is 5. The number of aromatic nitrogens is 1. The Balaban J connectivity index is 1.56. The minimum atomic E-state index is -0.915. The molecule has 0 radical (unpaired) electrons. The molecule has 6 nitrogen and oxygen atoms in total. The van der Waals surface area contributed by atoms with Gasteiger partial charge in [-0.25, -0.2) is 0 Å². The zero-order valence-electron chi connectivity index (χ0n) is 20.7. The second kappa shape index (κ2) is 11.7. The number of hydrogen-bond donors (Lipinski definition) is 0. The fraction of sp³-hybridized carbons (Fsp3) is 0.379. The van der Waals surface area contributed by atoms with Crippen LogP contribution < -0.4 is 0 Å². The van der Waals surface area contributed by atoms with Gasteiger partial charge in [0, 0.05) is 40.8 Å². The number of pyridine rings is 1. The summed E-state index contributed by atoms with van der Waals surface area (Å²) in [6.45, 7) is 5.24. The van der Waals surface area contributed by atoms with Gasteiger partial charge in [0.15, 0.2) is 5.78 Å². The van der Waals surface area contributed by atoms with Crippen LogP contribution in [0.3, 0.4) is 0 Å². The fourth-order valence-corrected chi connectivity index (χ4v) is 5.35. The maximum absolute atomic E-state index is 13.8. The molecular formula is C29H31ClN2O4. The first-order chi connectivity index (χ1) is 17.4. The van der Waals surface area contributed by atoms with Crippen molar-refractivity contribution < 1.29 is 19.1 Å². The zero-order valence-corrected chi connectivity index (χ0v) is 21.4. The summed E-state index contributed by atoms with van der Waals surface area (Å²) in [7, 11) is 0. The van der Waals surface area contributed by atoms with Crippen LogP contribution in [0.15, 0.2) is 60.8 Å². The Morgan fingerprint density at radius 3 is 2.58 bits per heavy atom. The molecule has 1 saturated heterocycles. The molecule has 1 aromatic heterocycles. The van der Waals surface area contributed by atoms with Crippen LogP contribution >= 0.6 is 11.6 Å². The molecule has 3 aromatic rings. The van der Waals surface area contributed by atoms with Crippen molar-refractivity contribution in [2.24, 2.45) is 17.8 Å². The van der Waals surface area contributed by atoms with Crippen molar-refractivity contribution in [2.45, 2.75) is 33.1 Å². The van der Waals surface area contributed by atoms with Gasteiger partial charge in [0.05, 0.1) is 12.1 Å². The van der Waals surface area contributed by atoms with Crippen molar-refractivity contribution in [1.29, 1.82) is 0 Å². The van der Waals surface area contributed by atoms with Gasteiger partial charge in [-0.1, -0.05) is 49.2 Å². The number of amides is 1. The number of ether oxygens (including phenoxy) is 1. The molecule has 0 bridgehead atoms. The van der Waals surface area contributed by atoms with Gasteiger partial charge in [-0.3, -0.25) is 19.4 Å². The van der Waals surface area contributed by atoms with Crippen molar-refractivity contribution in [1.82, 2.24) is 9.88 Å². The Kier molecular flexibility index (Phi) is 8.36. The Labute approximate surface area is 216 Å². The number of Topliss-reactive ketones (excluding diaryl/α,β-unsaturated/α-hetero) is 1. The standard InChI is InChI=1S/C29H31ClN2O4/c1-3-19-18-32(28(34)20-8-6-5-7-9-20)15-13-21(19)16-25(29(35)36-4-2)27(33)24-12-14-31-26-17-22(30)10-11-23(24)26/h5-12,14,17,19,21,25H,3-4,13,15-16,18H2,1-2H3/t19-,21-,25?/m0/s1. The number of piperidine rings is 1. The molecule has 4 rings (SSSR count). The van der Waals surface area contributed by atoms with E-state index >= 15 is 0 Å². The number of benzene rings is 2. The predicted molar refractivity (Wildman–Crippen MR) is 140 cm³/mol. The molecular weight excluding hydrogens is 476 g/mol. The lowest BCUT2D eigenvalue weighted by Crippen LogP contribution is -2.45.